The van der Waals surface area contributed by atoms with Crippen LogP contribution in [0.25, 0.3) is 0 Å². The number of benzene rings is 1. The molecule has 0 saturated heterocycles. The number of anilines is 1. The van der Waals surface area contributed by atoms with Gasteiger partial charge in [-0.3, -0.25) is 4.79 Å². The van der Waals surface area contributed by atoms with Crippen LogP contribution in [0.4, 0.5) is 5.69 Å². The summed E-state index contributed by atoms with van der Waals surface area (Å²) in [5, 5.41) is 6.79. The van der Waals surface area contributed by atoms with Crippen LogP contribution in [-0.2, 0) is 4.79 Å². The van der Waals surface area contributed by atoms with Crippen molar-refractivity contribution in [3.8, 4) is 0 Å². The highest BCUT2D eigenvalue weighted by Gasteiger charge is 2.20. The second-order valence-electron chi connectivity index (χ2n) is 4.15. The van der Waals surface area contributed by atoms with Crippen LogP contribution in [0.15, 0.2) is 22.7 Å². The number of hydrogen-bond acceptors (Lipinski definition) is 2. The van der Waals surface area contributed by atoms with Gasteiger partial charge in [-0.2, -0.15) is 0 Å². The molecule has 0 bridgehead atoms. The van der Waals surface area contributed by atoms with Gasteiger partial charge < -0.3 is 10.6 Å². The van der Waals surface area contributed by atoms with E-state index in [-0.39, 0.29) is 5.91 Å². The first kappa shape index (κ1) is 12.9. The van der Waals surface area contributed by atoms with Crippen molar-refractivity contribution in [3.63, 3.8) is 0 Å². The third kappa shape index (κ3) is 4.30. The predicted octanol–water partition coefficient (Wildman–Crippen LogP) is 3.18. The minimum atomic E-state index is 0.0150. The Morgan fingerprint density at radius 2 is 2.24 bits per heavy atom. The van der Waals surface area contributed by atoms with E-state index in [9.17, 15) is 4.79 Å². The van der Waals surface area contributed by atoms with E-state index in [0.29, 0.717) is 17.5 Å². The molecule has 1 aromatic carbocycles. The highest BCUT2D eigenvalue weighted by atomic mass is 79.9. The van der Waals surface area contributed by atoms with Gasteiger partial charge in [-0.15, -0.1) is 0 Å². The number of hydrogen-bond donors (Lipinski definition) is 2. The highest BCUT2D eigenvalue weighted by Crippen LogP contribution is 2.25. The lowest BCUT2D eigenvalue weighted by Gasteiger charge is -2.08. The van der Waals surface area contributed by atoms with Crippen molar-refractivity contribution in [2.45, 2.75) is 25.3 Å². The van der Waals surface area contributed by atoms with Gasteiger partial charge in [0.15, 0.2) is 0 Å². The van der Waals surface area contributed by atoms with Crippen LogP contribution >= 0.6 is 27.5 Å². The van der Waals surface area contributed by atoms with Gasteiger partial charge in [0.05, 0.1) is 5.69 Å². The number of nitrogens with one attached hydrogen (secondary N) is 2. The zero-order valence-corrected chi connectivity index (χ0v) is 11.6. The van der Waals surface area contributed by atoms with Crippen LogP contribution in [0, 0.1) is 0 Å². The maximum Gasteiger partial charge on any atom is 0.225 e. The van der Waals surface area contributed by atoms with Crippen LogP contribution in [0.5, 0.6) is 0 Å². The van der Waals surface area contributed by atoms with E-state index in [4.69, 9.17) is 11.6 Å². The molecule has 0 aromatic heterocycles. The van der Waals surface area contributed by atoms with E-state index >= 15 is 0 Å². The summed E-state index contributed by atoms with van der Waals surface area (Å²) < 4.78 is 0.800. The van der Waals surface area contributed by atoms with Crippen molar-refractivity contribution in [1.82, 2.24) is 5.32 Å². The number of amides is 1. The van der Waals surface area contributed by atoms with Crippen LogP contribution in [0.2, 0.25) is 5.02 Å². The van der Waals surface area contributed by atoms with E-state index in [2.05, 4.69) is 26.6 Å². The molecule has 1 fully saturated rings. The van der Waals surface area contributed by atoms with Crippen molar-refractivity contribution in [2.75, 3.05) is 11.9 Å². The zero-order valence-electron chi connectivity index (χ0n) is 9.30. The molecule has 1 aliphatic rings. The third-order valence-corrected chi connectivity index (χ3v) is 3.46. The molecule has 1 amide bonds. The molecule has 3 nitrogen and oxygen atoms in total. The standard InChI is InChI=1S/C12H14BrClN2O/c13-10-7-8(14)1-4-11(10)16-12(17)5-6-15-9-2-3-9/h1,4,7,9,15H,2-3,5-6H2,(H,16,17). The fourth-order valence-corrected chi connectivity index (χ4v) is 2.26. The van der Waals surface area contributed by atoms with Crippen molar-refractivity contribution in [2.24, 2.45) is 0 Å². The largest absolute Gasteiger partial charge is 0.325 e. The topological polar surface area (TPSA) is 41.1 Å². The number of carbonyl (C=O) groups excluding carboxylic acids is 1. The highest BCUT2D eigenvalue weighted by molar-refractivity contribution is 9.10. The van der Waals surface area contributed by atoms with E-state index in [1.807, 2.05) is 0 Å². The molecule has 5 heteroatoms. The lowest BCUT2D eigenvalue weighted by atomic mass is 10.3. The fraction of sp³-hybridized carbons (Fsp3) is 0.417. The first-order valence-electron chi connectivity index (χ1n) is 5.63. The maximum absolute atomic E-state index is 11.6. The predicted molar refractivity (Wildman–Crippen MR) is 73.4 cm³/mol. The van der Waals surface area contributed by atoms with E-state index in [1.165, 1.54) is 12.8 Å². The van der Waals surface area contributed by atoms with Crippen LogP contribution < -0.4 is 10.6 Å². The van der Waals surface area contributed by atoms with Crippen molar-refractivity contribution in [3.05, 3.63) is 27.7 Å². The Morgan fingerprint density at radius 1 is 1.47 bits per heavy atom. The molecule has 0 unspecified atom stereocenters. The minimum absolute atomic E-state index is 0.0150. The molecular weight excluding hydrogens is 304 g/mol. The van der Waals surface area contributed by atoms with E-state index < -0.39 is 0 Å². The quantitative estimate of drug-likeness (QED) is 0.876. The van der Waals surface area contributed by atoms with Gasteiger partial charge in [-0.1, -0.05) is 11.6 Å². The summed E-state index contributed by atoms with van der Waals surface area (Å²) in [6.45, 7) is 0.738. The molecule has 2 N–H and O–H groups in total. The number of carbonyl (C=O) groups is 1. The Hall–Kier alpha value is -0.580. The van der Waals surface area contributed by atoms with Crippen LogP contribution in [-0.4, -0.2) is 18.5 Å². The van der Waals surface area contributed by atoms with Crippen LogP contribution in [0.1, 0.15) is 19.3 Å². The van der Waals surface area contributed by atoms with Gasteiger partial charge >= 0.3 is 0 Å². The van der Waals surface area contributed by atoms with Gasteiger partial charge in [-0.05, 0) is 47.0 Å². The second-order valence-corrected chi connectivity index (χ2v) is 5.44. The summed E-state index contributed by atoms with van der Waals surface area (Å²) in [5.41, 5.74) is 0.755. The summed E-state index contributed by atoms with van der Waals surface area (Å²) >= 11 is 9.19. The average Bonchev–Trinajstić information content (AvgIpc) is 3.06. The first-order chi connectivity index (χ1) is 8.15. The molecule has 1 aromatic rings. The summed E-state index contributed by atoms with van der Waals surface area (Å²) in [6, 6.07) is 5.95. The Labute approximate surface area is 114 Å². The molecule has 92 valence electrons. The van der Waals surface area contributed by atoms with E-state index in [1.54, 1.807) is 18.2 Å². The summed E-state index contributed by atoms with van der Waals surface area (Å²) in [7, 11) is 0. The molecule has 0 spiro atoms. The summed E-state index contributed by atoms with van der Waals surface area (Å²) in [6.07, 6.45) is 2.97. The average molecular weight is 318 g/mol. The lowest BCUT2D eigenvalue weighted by molar-refractivity contribution is -0.116. The van der Waals surface area contributed by atoms with Gasteiger partial charge in [0, 0.05) is 28.5 Å². The Morgan fingerprint density at radius 3 is 2.88 bits per heavy atom. The zero-order chi connectivity index (χ0) is 12.3. The Kier molecular flexibility index (Phi) is 4.42. The smallest absolute Gasteiger partial charge is 0.225 e. The summed E-state index contributed by atoms with van der Waals surface area (Å²) in [4.78, 5) is 11.6. The molecule has 0 atom stereocenters. The van der Waals surface area contributed by atoms with Gasteiger partial charge in [-0.25, -0.2) is 0 Å². The molecule has 17 heavy (non-hydrogen) atoms. The van der Waals surface area contributed by atoms with Gasteiger partial charge in [0.25, 0.3) is 0 Å². The summed E-state index contributed by atoms with van der Waals surface area (Å²) in [5.74, 6) is 0.0150. The third-order valence-electron chi connectivity index (χ3n) is 2.57. The molecule has 1 aliphatic carbocycles. The number of halogens is 2. The Balaban J connectivity index is 1.79. The van der Waals surface area contributed by atoms with E-state index in [0.717, 1.165) is 16.7 Å². The lowest BCUT2D eigenvalue weighted by Crippen LogP contribution is -2.23. The molecule has 2 rings (SSSR count). The van der Waals surface area contributed by atoms with Gasteiger partial charge in [0.2, 0.25) is 5.91 Å². The van der Waals surface area contributed by atoms with Crippen molar-refractivity contribution >= 4 is 39.1 Å². The Bertz CT molecular complexity index is 421. The SMILES string of the molecule is O=C(CCNC1CC1)Nc1ccc(Cl)cc1Br. The van der Waals surface area contributed by atoms with Crippen LogP contribution in [0.3, 0.4) is 0 Å². The molecule has 1 saturated carbocycles. The maximum atomic E-state index is 11.6. The monoisotopic (exact) mass is 316 g/mol. The molecular formula is C12H14BrClN2O. The minimum Gasteiger partial charge on any atom is -0.325 e. The first-order valence-corrected chi connectivity index (χ1v) is 6.80. The van der Waals surface area contributed by atoms with Crippen molar-refractivity contribution in [1.29, 1.82) is 0 Å². The van der Waals surface area contributed by atoms with Crippen molar-refractivity contribution < 1.29 is 4.79 Å². The second kappa shape index (κ2) is 5.85. The molecule has 0 heterocycles. The fourth-order valence-electron chi connectivity index (χ4n) is 1.48. The van der Waals surface area contributed by atoms with Gasteiger partial charge in [0.1, 0.15) is 0 Å². The normalized spacial score (nSPS) is 14.7. The number of rotatable bonds is 5. The molecule has 0 aliphatic heterocycles. The molecule has 0 radical (unpaired) electrons.